The van der Waals surface area contributed by atoms with Gasteiger partial charge in [0.25, 0.3) is 0 Å². The second-order valence-corrected chi connectivity index (χ2v) is 11.5. The number of rotatable bonds is 3. The highest BCUT2D eigenvalue weighted by Gasteiger charge is 2.47. The molecule has 208 valence electrons. The standard InChI is InChI=1S/C36H26BN7/c1-42(2)25-21-30-32-31(22-25)44(24-15-7-4-8-16-24)34-27-18-10-12-20-29(27)39-41-36(34)37(32)35-33(43(30)23-13-5-3-6-14-23)26-17-9-11-19-28(26)38-40-35/h3-22H,1-2H3. The lowest BCUT2D eigenvalue weighted by Gasteiger charge is -2.43. The summed E-state index contributed by atoms with van der Waals surface area (Å²) in [7, 11) is 4.20. The predicted molar refractivity (Wildman–Crippen MR) is 181 cm³/mol. The molecule has 5 aromatic carbocycles. The fourth-order valence-electron chi connectivity index (χ4n) is 6.83. The number of aromatic nitrogens is 4. The second-order valence-electron chi connectivity index (χ2n) is 11.5. The van der Waals surface area contributed by atoms with E-state index in [1.807, 2.05) is 24.3 Å². The second kappa shape index (κ2) is 9.37. The van der Waals surface area contributed by atoms with Gasteiger partial charge in [0.15, 0.2) is 0 Å². The minimum absolute atomic E-state index is 0.268. The minimum Gasteiger partial charge on any atom is -0.378 e. The number of hydrogen-bond acceptors (Lipinski definition) is 7. The molecule has 0 atom stereocenters. The zero-order chi connectivity index (χ0) is 29.4. The topological polar surface area (TPSA) is 61.3 Å². The summed E-state index contributed by atoms with van der Waals surface area (Å²) in [5.74, 6) is 0. The van der Waals surface area contributed by atoms with Crippen LogP contribution in [0.4, 0.5) is 39.8 Å². The largest absolute Gasteiger partial charge is 0.378 e. The molecule has 0 unspecified atom stereocenters. The number of nitrogens with zero attached hydrogens (tertiary/aromatic N) is 7. The van der Waals surface area contributed by atoms with E-state index in [0.717, 1.165) is 78.3 Å². The highest BCUT2D eigenvalue weighted by atomic mass is 15.2. The van der Waals surface area contributed by atoms with Crippen molar-refractivity contribution in [1.29, 1.82) is 0 Å². The van der Waals surface area contributed by atoms with Gasteiger partial charge in [-0.2, -0.15) is 20.4 Å². The van der Waals surface area contributed by atoms with E-state index in [4.69, 9.17) is 20.4 Å². The van der Waals surface area contributed by atoms with Crippen LogP contribution in [0.5, 0.6) is 0 Å². The zero-order valence-electron chi connectivity index (χ0n) is 24.3. The van der Waals surface area contributed by atoms with Crippen molar-refractivity contribution in [3.8, 4) is 0 Å². The average Bonchev–Trinajstić information content (AvgIpc) is 3.08. The molecule has 7 nitrogen and oxygen atoms in total. The molecule has 0 saturated carbocycles. The molecule has 0 amide bonds. The average molecular weight is 567 g/mol. The van der Waals surface area contributed by atoms with Crippen molar-refractivity contribution in [2.45, 2.75) is 0 Å². The van der Waals surface area contributed by atoms with Crippen LogP contribution in [0.3, 0.4) is 0 Å². The number of hydrogen-bond donors (Lipinski definition) is 0. The van der Waals surface area contributed by atoms with Crippen molar-refractivity contribution in [3.63, 3.8) is 0 Å². The van der Waals surface area contributed by atoms with Gasteiger partial charge in [0.2, 0.25) is 0 Å². The Morgan fingerprint density at radius 1 is 0.523 bits per heavy atom. The van der Waals surface area contributed by atoms with Crippen LogP contribution in [0.25, 0.3) is 21.8 Å². The summed E-state index contributed by atoms with van der Waals surface area (Å²) >= 11 is 0. The van der Waals surface area contributed by atoms with Crippen molar-refractivity contribution in [3.05, 3.63) is 121 Å². The van der Waals surface area contributed by atoms with Crippen molar-refractivity contribution in [2.24, 2.45) is 0 Å². The summed E-state index contributed by atoms with van der Waals surface area (Å²) in [4.78, 5) is 6.89. The fourth-order valence-corrected chi connectivity index (χ4v) is 6.83. The lowest BCUT2D eigenvalue weighted by molar-refractivity contribution is 1.07. The first kappa shape index (κ1) is 24.8. The Morgan fingerprint density at radius 2 is 0.955 bits per heavy atom. The molecular formula is C36H26BN7. The van der Waals surface area contributed by atoms with Crippen molar-refractivity contribution in [1.82, 2.24) is 20.4 Å². The molecule has 9 rings (SSSR count). The molecule has 0 aliphatic carbocycles. The minimum atomic E-state index is -0.268. The van der Waals surface area contributed by atoms with E-state index in [-0.39, 0.29) is 6.71 Å². The summed E-state index contributed by atoms with van der Waals surface area (Å²) < 4.78 is 0. The summed E-state index contributed by atoms with van der Waals surface area (Å²) in [5.41, 5.74) is 12.0. The van der Waals surface area contributed by atoms with Gasteiger partial charge >= 0.3 is 6.71 Å². The molecule has 2 aliphatic heterocycles. The maximum atomic E-state index is 5.00. The Morgan fingerprint density at radius 3 is 1.41 bits per heavy atom. The van der Waals surface area contributed by atoms with Gasteiger partial charge in [-0.1, -0.05) is 72.8 Å². The molecule has 7 aromatic rings. The van der Waals surface area contributed by atoms with E-state index in [1.54, 1.807) is 0 Å². The van der Waals surface area contributed by atoms with E-state index in [9.17, 15) is 0 Å². The maximum Gasteiger partial charge on any atom is 0.303 e. The van der Waals surface area contributed by atoms with E-state index in [1.165, 1.54) is 0 Å². The van der Waals surface area contributed by atoms with Crippen LogP contribution in [0.15, 0.2) is 121 Å². The number of para-hydroxylation sites is 2. The molecule has 8 heteroatoms. The fraction of sp³-hybridized carbons (Fsp3) is 0.0556. The van der Waals surface area contributed by atoms with Crippen LogP contribution in [-0.2, 0) is 0 Å². The summed E-state index contributed by atoms with van der Waals surface area (Å²) in [6.07, 6.45) is 0. The first-order valence-electron chi connectivity index (χ1n) is 14.8. The quantitative estimate of drug-likeness (QED) is 0.253. The third kappa shape index (κ3) is 3.45. The van der Waals surface area contributed by atoms with Gasteiger partial charge in [-0.05, 0) is 54.0 Å². The van der Waals surface area contributed by atoms with Gasteiger partial charge in [0.05, 0.1) is 33.6 Å². The lowest BCUT2D eigenvalue weighted by atomic mass is 9.36. The van der Waals surface area contributed by atoms with E-state index >= 15 is 0 Å². The first-order valence-corrected chi connectivity index (χ1v) is 14.8. The highest BCUT2D eigenvalue weighted by molar-refractivity contribution is 6.99. The van der Waals surface area contributed by atoms with Crippen molar-refractivity contribution < 1.29 is 0 Å². The van der Waals surface area contributed by atoms with Crippen LogP contribution < -0.4 is 31.3 Å². The zero-order valence-corrected chi connectivity index (χ0v) is 24.3. The van der Waals surface area contributed by atoms with Gasteiger partial charge in [0, 0.05) is 53.3 Å². The summed E-state index contributed by atoms with van der Waals surface area (Å²) in [6, 6.07) is 42.2. The van der Waals surface area contributed by atoms with Crippen LogP contribution in [0, 0.1) is 0 Å². The van der Waals surface area contributed by atoms with Crippen LogP contribution in [0.2, 0.25) is 0 Å². The molecule has 44 heavy (non-hydrogen) atoms. The normalized spacial score (nSPS) is 13.1. The van der Waals surface area contributed by atoms with Crippen LogP contribution >= 0.6 is 0 Å². The number of benzene rings is 5. The Kier molecular flexibility index (Phi) is 5.29. The number of anilines is 7. The maximum absolute atomic E-state index is 5.00. The van der Waals surface area contributed by atoms with Crippen molar-refractivity contribution in [2.75, 3.05) is 28.8 Å². The van der Waals surface area contributed by atoms with Crippen molar-refractivity contribution >= 4 is 85.0 Å². The van der Waals surface area contributed by atoms with Gasteiger partial charge in [-0.3, -0.25) is 0 Å². The SMILES string of the molecule is CN(C)c1cc2c3c(c1)N(c1ccccc1)c1c(nnc4ccccc14)B3c1nnc3ccccc3c1N2c1ccccc1. The lowest BCUT2D eigenvalue weighted by Crippen LogP contribution is -2.63. The molecule has 0 N–H and O–H groups in total. The van der Waals surface area contributed by atoms with Crippen LogP contribution in [-0.4, -0.2) is 41.2 Å². The molecule has 4 heterocycles. The third-order valence-corrected chi connectivity index (χ3v) is 8.77. The molecule has 0 saturated heterocycles. The van der Waals surface area contributed by atoms with Gasteiger partial charge in [0.1, 0.15) is 0 Å². The van der Waals surface area contributed by atoms with E-state index < -0.39 is 0 Å². The predicted octanol–water partition coefficient (Wildman–Crippen LogP) is 5.72. The number of fused-ring (bicyclic) bond motifs is 8. The Balaban J connectivity index is 1.48. The molecule has 2 aromatic heterocycles. The Labute approximate surface area is 255 Å². The highest BCUT2D eigenvalue weighted by Crippen LogP contribution is 2.47. The molecular weight excluding hydrogens is 541 g/mol. The van der Waals surface area contributed by atoms with E-state index in [2.05, 4.69) is 126 Å². The molecule has 0 radical (unpaired) electrons. The monoisotopic (exact) mass is 567 g/mol. The summed E-state index contributed by atoms with van der Waals surface area (Å²) in [6.45, 7) is -0.268. The smallest absolute Gasteiger partial charge is 0.303 e. The molecule has 0 fully saturated rings. The third-order valence-electron chi connectivity index (χ3n) is 8.77. The summed E-state index contributed by atoms with van der Waals surface area (Å²) in [5, 5.41) is 21.6. The molecule has 2 aliphatic rings. The van der Waals surface area contributed by atoms with Gasteiger partial charge < -0.3 is 14.7 Å². The van der Waals surface area contributed by atoms with Gasteiger partial charge in [-0.25, -0.2) is 0 Å². The Hall–Kier alpha value is -5.76. The molecule has 0 spiro atoms. The van der Waals surface area contributed by atoms with Gasteiger partial charge in [-0.15, -0.1) is 0 Å². The molecule has 0 bridgehead atoms. The van der Waals surface area contributed by atoms with E-state index in [0.29, 0.717) is 0 Å². The first-order chi connectivity index (χ1) is 21.7. The Bertz CT molecular complexity index is 2090. The van der Waals surface area contributed by atoms with Crippen LogP contribution in [0.1, 0.15) is 0 Å².